The fourth-order valence-electron chi connectivity index (χ4n) is 2.35. The third kappa shape index (κ3) is 3.48. The molecule has 0 unspecified atom stereocenters. The summed E-state index contributed by atoms with van der Waals surface area (Å²) < 4.78 is 16.0. The van der Waals surface area contributed by atoms with Gasteiger partial charge >= 0.3 is 5.97 Å². The van der Waals surface area contributed by atoms with Gasteiger partial charge in [0.25, 0.3) is 5.91 Å². The van der Waals surface area contributed by atoms with E-state index in [4.69, 9.17) is 9.47 Å². The minimum Gasteiger partial charge on any atom is -0.486 e. The largest absolute Gasteiger partial charge is 0.486 e. The predicted molar refractivity (Wildman–Crippen MR) is 86.5 cm³/mol. The zero-order chi connectivity index (χ0) is 16.9. The first kappa shape index (κ1) is 15.9. The van der Waals surface area contributed by atoms with Gasteiger partial charge in [-0.2, -0.15) is 0 Å². The van der Waals surface area contributed by atoms with Crippen LogP contribution in [-0.2, 0) is 4.74 Å². The van der Waals surface area contributed by atoms with Crippen molar-refractivity contribution in [3.63, 3.8) is 0 Å². The molecular formula is C18H17NO5. The lowest BCUT2D eigenvalue weighted by Gasteiger charge is -2.26. The highest BCUT2D eigenvalue weighted by atomic mass is 16.6. The summed E-state index contributed by atoms with van der Waals surface area (Å²) in [6.07, 6.45) is -0.252. The number of carbonyl (C=O) groups is 2. The first-order valence-corrected chi connectivity index (χ1v) is 7.52. The number of rotatable bonds is 4. The van der Waals surface area contributed by atoms with Crippen molar-refractivity contribution >= 4 is 11.9 Å². The highest BCUT2D eigenvalue weighted by Gasteiger charge is 2.21. The normalized spacial score (nSPS) is 15.5. The Balaban J connectivity index is 1.55. The molecule has 124 valence electrons. The number of hydrogen-bond donors (Lipinski definition) is 1. The summed E-state index contributed by atoms with van der Waals surface area (Å²) in [5.41, 5.74) is 0.856. The van der Waals surface area contributed by atoms with Crippen LogP contribution in [0.5, 0.6) is 11.5 Å². The van der Waals surface area contributed by atoms with Gasteiger partial charge in [0.05, 0.1) is 19.2 Å². The van der Waals surface area contributed by atoms with E-state index in [1.165, 1.54) is 7.11 Å². The van der Waals surface area contributed by atoms with Gasteiger partial charge < -0.3 is 19.5 Å². The molecule has 0 saturated heterocycles. The standard InChI is InChI=1S/C18H17NO5/c1-22-18(21)13-8-6-12(7-9-13)17(20)19-10-14-11-23-15-4-2-3-5-16(15)24-14/h2-9,14H,10-11H2,1H3,(H,19,20)/t14-/m1/s1. The van der Waals surface area contributed by atoms with Gasteiger partial charge in [0, 0.05) is 5.56 Å². The zero-order valence-corrected chi connectivity index (χ0v) is 13.2. The lowest BCUT2D eigenvalue weighted by atomic mass is 10.1. The molecule has 0 aromatic heterocycles. The first-order chi connectivity index (χ1) is 11.7. The summed E-state index contributed by atoms with van der Waals surface area (Å²) in [6, 6.07) is 13.7. The van der Waals surface area contributed by atoms with Gasteiger partial charge in [0.1, 0.15) is 12.7 Å². The number of fused-ring (bicyclic) bond motifs is 1. The second-order valence-electron chi connectivity index (χ2n) is 5.28. The van der Waals surface area contributed by atoms with Crippen molar-refractivity contribution in [3.8, 4) is 11.5 Å². The van der Waals surface area contributed by atoms with Crippen molar-refractivity contribution in [2.75, 3.05) is 20.3 Å². The van der Waals surface area contributed by atoms with Crippen LogP contribution in [0.25, 0.3) is 0 Å². The Hall–Kier alpha value is -3.02. The van der Waals surface area contributed by atoms with Crippen molar-refractivity contribution in [1.29, 1.82) is 0 Å². The van der Waals surface area contributed by atoms with E-state index in [9.17, 15) is 9.59 Å². The maximum atomic E-state index is 12.2. The third-order valence-corrected chi connectivity index (χ3v) is 3.63. The van der Waals surface area contributed by atoms with Crippen LogP contribution in [0.1, 0.15) is 20.7 Å². The summed E-state index contributed by atoms with van der Waals surface area (Å²) in [5.74, 6) is 0.700. The third-order valence-electron chi connectivity index (χ3n) is 3.63. The molecule has 2 aromatic carbocycles. The molecule has 0 spiro atoms. The summed E-state index contributed by atoms with van der Waals surface area (Å²) in [5, 5.41) is 2.80. The van der Waals surface area contributed by atoms with Crippen LogP contribution >= 0.6 is 0 Å². The van der Waals surface area contributed by atoms with Gasteiger partial charge in [0.2, 0.25) is 0 Å². The average molecular weight is 327 g/mol. The lowest BCUT2D eigenvalue weighted by Crippen LogP contribution is -2.40. The summed E-state index contributed by atoms with van der Waals surface area (Å²) >= 11 is 0. The fourth-order valence-corrected chi connectivity index (χ4v) is 2.35. The number of nitrogens with one attached hydrogen (secondary N) is 1. The summed E-state index contributed by atoms with van der Waals surface area (Å²) in [6.45, 7) is 0.699. The Morgan fingerprint density at radius 1 is 1.08 bits per heavy atom. The molecule has 1 heterocycles. The maximum Gasteiger partial charge on any atom is 0.337 e. The molecule has 0 bridgehead atoms. The zero-order valence-electron chi connectivity index (χ0n) is 13.2. The van der Waals surface area contributed by atoms with Crippen molar-refractivity contribution in [1.82, 2.24) is 5.32 Å². The molecule has 0 radical (unpaired) electrons. The molecular weight excluding hydrogens is 310 g/mol. The van der Waals surface area contributed by atoms with E-state index in [2.05, 4.69) is 10.1 Å². The summed E-state index contributed by atoms with van der Waals surface area (Å²) in [7, 11) is 1.31. The topological polar surface area (TPSA) is 73.9 Å². The Bertz CT molecular complexity index is 741. The van der Waals surface area contributed by atoms with Crippen LogP contribution in [0.15, 0.2) is 48.5 Å². The van der Waals surface area contributed by atoms with Crippen LogP contribution in [0.2, 0.25) is 0 Å². The number of para-hydroxylation sites is 2. The smallest absolute Gasteiger partial charge is 0.337 e. The second kappa shape index (κ2) is 7.04. The number of amides is 1. The Morgan fingerprint density at radius 3 is 2.46 bits per heavy atom. The minimum atomic E-state index is -0.437. The molecule has 0 fully saturated rings. The van der Waals surface area contributed by atoms with Gasteiger partial charge in [-0.1, -0.05) is 12.1 Å². The van der Waals surface area contributed by atoms with Gasteiger partial charge in [-0.05, 0) is 36.4 Å². The second-order valence-corrected chi connectivity index (χ2v) is 5.28. The SMILES string of the molecule is COC(=O)c1ccc(C(=O)NC[C@@H]2COc3ccccc3O2)cc1. The number of methoxy groups -OCH3 is 1. The van der Waals surface area contributed by atoms with Gasteiger partial charge in [-0.15, -0.1) is 0 Å². The van der Waals surface area contributed by atoms with E-state index < -0.39 is 5.97 Å². The fraction of sp³-hybridized carbons (Fsp3) is 0.222. The Labute approximate surface area is 139 Å². The minimum absolute atomic E-state index is 0.242. The molecule has 2 aromatic rings. The number of hydrogen-bond acceptors (Lipinski definition) is 5. The van der Waals surface area contributed by atoms with E-state index in [-0.39, 0.29) is 12.0 Å². The quantitative estimate of drug-likeness (QED) is 0.870. The van der Waals surface area contributed by atoms with Gasteiger partial charge in [0.15, 0.2) is 11.5 Å². The van der Waals surface area contributed by atoms with Crippen molar-refractivity contribution in [3.05, 3.63) is 59.7 Å². The van der Waals surface area contributed by atoms with E-state index in [1.807, 2.05) is 24.3 Å². The predicted octanol–water partition coefficient (Wildman–Crippen LogP) is 2.04. The van der Waals surface area contributed by atoms with Crippen LogP contribution in [0.4, 0.5) is 0 Å². The maximum absolute atomic E-state index is 12.2. The van der Waals surface area contributed by atoms with E-state index in [0.29, 0.717) is 35.8 Å². The Morgan fingerprint density at radius 2 is 1.75 bits per heavy atom. The average Bonchev–Trinajstić information content (AvgIpc) is 2.65. The van der Waals surface area contributed by atoms with E-state index in [1.54, 1.807) is 24.3 Å². The van der Waals surface area contributed by atoms with Crippen LogP contribution in [0.3, 0.4) is 0 Å². The number of carbonyl (C=O) groups excluding carboxylic acids is 2. The molecule has 3 rings (SSSR count). The van der Waals surface area contributed by atoms with Crippen molar-refractivity contribution in [2.24, 2.45) is 0 Å². The number of benzene rings is 2. The van der Waals surface area contributed by atoms with Crippen LogP contribution < -0.4 is 14.8 Å². The van der Waals surface area contributed by atoms with Crippen LogP contribution in [-0.4, -0.2) is 38.2 Å². The Kier molecular flexibility index (Phi) is 4.65. The van der Waals surface area contributed by atoms with E-state index >= 15 is 0 Å². The molecule has 1 aliphatic heterocycles. The molecule has 24 heavy (non-hydrogen) atoms. The highest BCUT2D eigenvalue weighted by molar-refractivity contribution is 5.96. The monoisotopic (exact) mass is 327 g/mol. The van der Waals surface area contributed by atoms with Crippen LogP contribution in [0, 0.1) is 0 Å². The molecule has 1 atom stereocenters. The lowest BCUT2D eigenvalue weighted by molar-refractivity contribution is 0.0600. The molecule has 1 amide bonds. The highest BCUT2D eigenvalue weighted by Crippen LogP contribution is 2.30. The first-order valence-electron chi connectivity index (χ1n) is 7.52. The molecule has 0 saturated carbocycles. The van der Waals surface area contributed by atoms with E-state index in [0.717, 1.165) is 0 Å². The summed E-state index contributed by atoms with van der Waals surface area (Å²) in [4.78, 5) is 23.5. The van der Waals surface area contributed by atoms with Gasteiger partial charge in [-0.3, -0.25) is 4.79 Å². The van der Waals surface area contributed by atoms with Gasteiger partial charge in [-0.25, -0.2) is 4.79 Å². The van der Waals surface area contributed by atoms with Crippen molar-refractivity contribution in [2.45, 2.75) is 6.10 Å². The molecule has 6 nitrogen and oxygen atoms in total. The molecule has 0 aliphatic carbocycles. The number of ether oxygens (including phenoxy) is 3. The van der Waals surface area contributed by atoms with Crippen molar-refractivity contribution < 1.29 is 23.8 Å². The number of esters is 1. The molecule has 1 N–H and O–H groups in total. The molecule has 1 aliphatic rings. The molecule has 6 heteroatoms.